The van der Waals surface area contributed by atoms with Gasteiger partial charge in [0, 0.05) is 10.3 Å². The monoisotopic (exact) mass is 229 g/mol. The van der Waals surface area contributed by atoms with E-state index in [0.29, 0.717) is 11.3 Å². The Morgan fingerprint density at radius 3 is 2.93 bits per heavy atom. The van der Waals surface area contributed by atoms with Gasteiger partial charge in [0.25, 0.3) is 0 Å². The molecule has 0 saturated heterocycles. The smallest absolute Gasteiger partial charge is 0.0514 e. The Balaban J connectivity index is 2.08. The molecule has 2 rings (SSSR count). The van der Waals surface area contributed by atoms with Crippen molar-refractivity contribution in [1.82, 2.24) is 4.37 Å². The molecule has 2 unspecified atom stereocenters. The van der Waals surface area contributed by atoms with Gasteiger partial charge in [0.15, 0.2) is 0 Å². The molecular formula is C11H16ClNS. The van der Waals surface area contributed by atoms with Gasteiger partial charge in [-0.15, -0.1) is 11.6 Å². The third-order valence-electron chi connectivity index (χ3n) is 2.91. The maximum absolute atomic E-state index is 6.26. The van der Waals surface area contributed by atoms with Crippen LogP contribution in [0.25, 0.3) is 0 Å². The zero-order chi connectivity index (χ0) is 9.97. The second-order valence-electron chi connectivity index (χ2n) is 4.19. The molecule has 2 atom stereocenters. The standard InChI is InChI=1S/C11H16ClNS/c1-8-6-11(14-13-8)9-4-2-3-5-10(12)7-9/h6,9-10H,2-5,7H2,1H3. The molecule has 0 radical (unpaired) electrons. The minimum absolute atomic E-state index is 0.380. The van der Waals surface area contributed by atoms with Gasteiger partial charge in [0.05, 0.1) is 5.69 Å². The minimum Gasteiger partial charge on any atom is -0.198 e. The van der Waals surface area contributed by atoms with Crippen molar-refractivity contribution in [3.8, 4) is 0 Å². The molecule has 1 aromatic heterocycles. The fraction of sp³-hybridized carbons (Fsp3) is 0.727. The van der Waals surface area contributed by atoms with Crippen LogP contribution in [0.5, 0.6) is 0 Å². The normalized spacial score (nSPS) is 28.7. The number of aromatic nitrogens is 1. The zero-order valence-electron chi connectivity index (χ0n) is 8.50. The van der Waals surface area contributed by atoms with E-state index < -0.39 is 0 Å². The number of hydrogen-bond acceptors (Lipinski definition) is 2. The zero-order valence-corrected chi connectivity index (χ0v) is 10.1. The minimum atomic E-state index is 0.380. The summed E-state index contributed by atoms with van der Waals surface area (Å²) >= 11 is 7.92. The molecule has 1 fully saturated rings. The molecule has 3 heteroatoms. The van der Waals surface area contributed by atoms with E-state index in [9.17, 15) is 0 Å². The average molecular weight is 230 g/mol. The Hall–Kier alpha value is -0.0800. The van der Waals surface area contributed by atoms with E-state index in [0.717, 1.165) is 12.1 Å². The van der Waals surface area contributed by atoms with E-state index in [2.05, 4.69) is 17.4 Å². The van der Waals surface area contributed by atoms with Crippen LogP contribution >= 0.6 is 23.1 Å². The molecular weight excluding hydrogens is 214 g/mol. The molecule has 1 aliphatic carbocycles. The first-order valence-electron chi connectivity index (χ1n) is 5.33. The lowest BCUT2D eigenvalue weighted by Gasteiger charge is -2.13. The van der Waals surface area contributed by atoms with Crippen LogP contribution < -0.4 is 0 Å². The second-order valence-corrected chi connectivity index (χ2v) is 5.64. The van der Waals surface area contributed by atoms with Gasteiger partial charge in [-0.2, -0.15) is 4.37 Å². The summed E-state index contributed by atoms with van der Waals surface area (Å²) in [5, 5.41) is 0.380. The van der Waals surface area contributed by atoms with Crippen molar-refractivity contribution in [2.45, 2.75) is 50.3 Å². The van der Waals surface area contributed by atoms with E-state index in [4.69, 9.17) is 11.6 Å². The topological polar surface area (TPSA) is 12.9 Å². The summed E-state index contributed by atoms with van der Waals surface area (Å²) in [4.78, 5) is 1.44. The molecule has 1 aliphatic rings. The molecule has 14 heavy (non-hydrogen) atoms. The van der Waals surface area contributed by atoms with Crippen LogP contribution in [0.1, 0.15) is 48.6 Å². The molecule has 0 spiro atoms. The highest BCUT2D eigenvalue weighted by molar-refractivity contribution is 7.05. The summed E-state index contributed by atoms with van der Waals surface area (Å²) in [7, 11) is 0. The summed E-state index contributed by atoms with van der Waals surface area (Å²) in [5.74, 6) is 0.672. The highest BCUT2D eigenvalue weighted by Crippen LogP contribution is 2.35. The number of nitrogens with zero attached hydrogens (tertiary/aromatic N) is 1. The Morgan fingerprint density at radius 1 is 1.43 bits per heavy atom. The van der Waals surface area contributed by atoms with E-state index in [-0.39, 0.29) is 0 Å². The van der Waals surface area contributed by atoms with Crippen molar-refractivity contribution in [1.29, 1.82) is 0 Å². The van der Waals surface area contributed by atoms with E-state index in [1.165, 1.54) is 30.6 Å². The van der Waals surface area contributed by atoms with Gasteiger partial charge in [0.1, 0.15) is 0 Å². The largest absolute Gasteiger partial charge is 0.198 e. The molecule has 0 bridgehead atoms. The van der Waals surface area contributed by atoms with Crippen molar-refractivity contribution < 1.29 is 0 Å². The van der Waals surface area contributed by atoms with Gasteiger partial charge in [-0.1, -0.05) is 12.8 Å². The molecule has 0 amide bonds. The Kier molecular flexibility index (Phi) is 3.45. The van der Waals surface area contributed by atoms with Crippen molar-refractivity contribution in [2.75, 3.05) is 0 Å². The van der Waals surface area contributed by atoms with Crippen LogP contribution in [0.2, 0.25) is 0 Å². The third kappa shape index (κ3) is 2.48. The van der Waals surface area contributed by atoms with Crippen LogP contribution in [-0.2, 0) is 0 Å². The SMILES string of the molecule is Cc1cc(C2CCCCC(Cl)C2)sn1. The summed E-state index contributed by atoms with van der Waals surface area (Å²) in [6.45, 7) is 2.06. The van der Waals surface area contributed by atoms with Crippen molar-refractivity contribution >= 4 is 23.1 Å². The fourth-order valence-corrected chi connectivity index (χ4v) is 3.39. The molecule has 1 aromatic rings. The molecule has 1 heterocycles. The van der Waals surface area contributed by atoms with Crippen molar-refractivity contribution in [2.24, 2.45) is 0 Å². The van der Waals surface area contributed by atoms with Gasteiger partial charge < -0.3 is 0 Å². The van der Waals surface area contributed by atoms with Gasteiger partial charge >= 0.3 is 0 Å². The van der Waals surface area contributed by atoms with Crippen molar-refractivity contribution in [3.63, 3.8) is 0 Å². The van der Waals surface area contributed by atoms with Crippen molar-refractivity contribution in [3.05, 3.63) is 16.6 Å². The van der Waals surface area contributed by atoms with E-state index >= 15 is 0 Å². The molecule has 78 valence electrons. The third-order valence-corrected chi connectivity index (χ3v) is 4.35. The predicted molar refractivity (Wildman–Crippen MR) is 62.3 cm³/mol. The summed E-state index contributed by atoms with van der Waals surface area (Å²) in [6.07, 6.45) is 6.25. The Labute approximate surface area is 94.6 Å². The van der Waals surface area contributed by atoms with Crippen LogP contribution in [0.4, 0.5) is 0 Å². The molecule has 0 aromatic carbocycles. The lowest BCUT2D eigenvalue weighted by Crippen LogP contribution is -2.02. The lowest BCUT2D eigenvalue weighted by molar-refractivity contribution is 0.604. The van der Waals surface area contributed by atoms with Crippen LogP contribution in [0.3, 0.4) is 0 Å². The fourth-order valence-electron chi connectivity index (χ4n) is 2.14. The first kappa shape index (κ1) is 10.4. The van der Waals surface area contributed by atoms with Gasteiger partial charge in [0.2, 0.25) is 0 Å². The molecule has 1 nitrogen and oxygen atoms in total. The maximum Gasteiger partial charge on any atom is 0.0514 e. The highest BCUT2D eigenvalue weighted by Gasteiger charge is 2.21. The summed E-state index contributed by atoms with van der Waals surface area (Å²) in [5.41, 5.74) is 1.15. The first-order valence-corrected chi connectivity index (χ1v) is 6.54. The second kappa shape index (κ2) is 4.63. The van der Waals surface area contributed by atoms with Gasteiger partial charge in [-0.05, 0) is 49.7 Å². The van der Waals surface area contributed by atoms with Crippen LogP contribution in [0, 0.1) is 6.92 Å². The Bertz CT molecular complexity index is 297. The number of hydrogen-bond donors (Lipinski definition) is 0. The Morgan fingerprint density at radius 2 is 2.21 bits per heavy atom. The quantitative estimate of drug-likeness (QED) is 0.522. The van der Waals surface area contributed by atoms with Gasteiger partial charge in [-0.25, -0.2) is 0 Å². The number of rotatable bonds is 1. The molecule has 1 saturated carbocycles. The lowest BCUT2D eigenvalue weighted by atomic mass is 9.98. The van der Waals surface area contributed by atoms with Crippen LogP contribution in [0.15, 0.2) is 6.07 Å². The number of halogens is 1. The average Bonchev–Trinajstić information content (AvgIpc) is 2.45. The van der Waals surface area contributed by atoms with Crippen LogP contribution in [-0.4, -0.2) is 9.75 Å². The molecule has 0 N–H and O–H groups in total. The van der Waals surface area contributed by atoms with Gasteiger partial charge in [-0.3, -0.25) is 0 Å². The molecule has 0 aliphatic heterocycles. The van der Waals surface area contributed by atoms with E-state index in [1.54, 1.807) is 11.5 Å². The number of aryl methyl sites for hydroxylation is 1. The highest BCUT2D eigenvalue weighted by atomic mass is 35.5. The summed E-state index contributed by atoms with van der Waals surface area (Å²) in [6, 6.07) is 2.23. The number of alkyl halides is 1. The maximum atomic E-state index is 6.26. The first-order chi connectivity index (χ1) is 6.75. The van der Waals surface area contributed by atoms with E-state index in [1.807, 2.05) is 0 Å². The predicted octanol–water partition coefficient (Wildman–Crippen LogP) is 4.11. The summed E-state index contributed by atoms with van der Waals surface area (Å²) < 4.78 is 4.35.